The standard InChI is InChI=1S/C12H15F3N2O5S/c13-12(14,15)23(21,22)8-3-1-7(2-4-8)11(20)9(18)5-17-6-10(16)19/h1-4,9,11,17-18,20H,5-6H2,(H2,16,19). The number of primary amides is 1. The van der Waals surface area contributed by atoms with E-state index >= 15 is 0 Å². The highest BCUT2D eigenvalue weighted by atomic mass is 32.2. The van der Waals surface area contributed by atoms with Crippen molar-refractivity contribution in [3.63, 3.8) is 0 Å². The van der Waals surface area contributed by atoms with Crippen LogP contribution in [-0.4, -0.2) is 49.2 Å². The summed E-state index contributed by atoms with van der Waals surface area (Å²) in [5, 5.41) is 22.0. The van der Waals surface area contributed by atoms with Crippen molar-refractivity contribution in [2.24, 2.45) is 5.73 Å². The minimum Gasteiger partial charge on any atom is -0.389 e. The van der Waals surface area contributed by atoms with Crippen LogP contribution in [-0.2, 0) is 14.6 Å². The third-order valence-electron chi connectivity index (χ3n) is 2.85. The number of hydrogen-bond acceptors (Lipinski definition) is 6. The minimum absolute atomic E-state index is 0.0134. The first-order valence-corrected chi connectivity index (χ1v) is 7.71. The maximum atomic E-state index is 12.4. The van der Waals surface area contributed by atoms with Crippen molar-refractivity contribution < 1.29 is 36.6 Å². The molecule has 1 rings (SSSR count). The van der Waals surface area contributed by atoms with Gasteiger partial charge in [0.15, 0.2) is 0 Å². The average Bonchev–Trinajstić information content (AvgIpc) is 2.45. The van der Waals surface area contributed by atoms with E-state index in [0.29, 0.717) is 12.1 Å². The summed E-state index contributed by atoms with van der Waals surface area (Å²) in [7, 11) is -5.47. The van der Waals surface area contributed by atoms with E-state index in [1.165, 1.54) is 0 Å². The fourth-order valence-electron chi connectivity index (χ4n) is 1.65. The van der Waals surface area contributed by atoms with Crippen molar-refractivity contribution in [2.75, 3.05) is 13.1 Å². The van der Waals surface area contributed by atoms with Gasteiger partial charge in [0.25, 0.3) is 9.84 Å². The zero-order chi connectivity index (χ0) is 17.8. The summed E-state index contributed by atoms with van der Waals surface area (Å²) in [5.41, 5.74) is -0.548. The van der Waals surface area contributed by atoms with E-state index in [-0.39, 0.29) is 18.7 Å². The summed E-state index contributed by atoms with van der Waals surface area (Å²) < 4.78 is 59.5. The number of hydrogen-bond donors (Lipinski definition) is 4. The Bertz CT molecular complexity index is 646. The topological polar surface area (TPSA) is 130 Å². The number of sulfone groups is 1. The molecule has 0 aliphatic carbocycles. The van der Waals surface area contributed by atoms with E-state index in [9.17, 15) is 36.6 Å². The number of nitrogens with one attached hydrogen (secondary N) is 1. The highest BCUT2D eigenvalue weighted by Gasteiger charge is 2.46. The first-order valence-electron chi connectivity index (χ1n) is 6.23. The third-order valence-corrected chi connectivity index (χ3v) is 4.36. The molecule has 1 aromatic carbocycles. The lowest BCUT2D eigenvalue weighted by molar-refractivity contribution is -0.117. The number of benzene rings is 1. The molecule has 0 saturated carbocycles. The molecule has 11 heteroatoms. The molecule has 0 aliphatic heterocycles. The van der Waals surface area contributed by atoms with Crippen LogP contribution in [0.4, 0.5) is 13.2 Å². The molecule has 0 radical (unpaired) electrons. The number of carbonyl (C=O) groups excluding carboxylic acids is 1. The maximum Gasteiger partial charge on any atom is 0.501 e. The van der Waals surface area contributed by atoms with Gasteiger partial charge in [0.2, 0.25) is 5.91 Å². The first kappa shape index (κ1) is 19.4. The highest BCUT2D eigenvalue weighted by Crippen LogP contribution is 2.30. The lowest BCUT2D eigenvalue weighted by Gasteiger charge is -2.18. The van der Waals surface area contributed by atoms with Crippen LogP contribution in [0, 0.1) is 0 Å². The Balaban J connectivity index is 2.82. The second-order valence-electron chi connectivity index (χ2n) is 4.63. The number of rotatable bonds is 7. The molecule has 23 heavy (non-hydrogen) atoms. The Morgan fingerprint density at radius 2 is 1.74 bits per heavy atom. The van der Waals surface area contributed by atoms with E-state index in [1.54, 1.807) is 0 Å². The van der Waals surface area contributed by atoms with Crippen LogP contribution in [0.5, 0.6) is 0 Å². The van der Waals surface area contributed by atoms with Crippen LogP contribution in [0.3, 0.4) is 0 Å². The Kier molecular flexibility index (Phi) is 6.11. The zero-order valence-corrected chi connectivity index (χ0v) is 12.4. The molecule has 0 aromatic heterocycles. The van der Waals surface area contributed by atoms with Crippen LogP contribution >= 0.6 is 0 Å². The van der Waals surface area contributed by atoms with Gasteiger partial charge in [-0.25, -0.2) is 8.42 Å². The molecule has 0 spiro atoms. The van der Waals surface area contributed by atoms with E-state index in [1.807, 2.05) is 0 Å². The molecule has 0 aliphatic rings. The van der Waals surface area contributed by atoms with Gasteiger partial charge in [0, 0.05) is 6.54 Å². The SMILES string of the molecule is NC(=O)CNCC(O)C(O)c1ccc(S(=O)(=O)C(F)(F)F)cc1. The molecule has 5 N–H and O–H groups in total. The van der Waals surface area contributed by atoms with Crippen LogP contribution in [0.25, 0.3) is 0 Å². The van der Waals surface area contributed by atoms with Crippen molar-refractivity contribution in [3.05, 3.63) is 29.8 Å². The van der Waals surface area contributed by atoms with E-state index in [2.05, 4.69) is 5.32 Å². The van der Waals surface area contributed by atoms with Crippen molar-refractivity contribution in [2.45, 2.75) is 22.6 Å². The normalized spacial score (nSPS) is 15.2. The van der Waals surface area contributed by atoms with E-state index in [0.717, 1.165) is 12.1 Å². The second kappa shape index (κ2) is 7.25. The van der Waals surface area contributed by atoms with Gasteiger partial charge in [-0.15, -0.1) is 0 Å². The third kappa shape index (κ3) is 4.89. The lowest BCUT2D eigenvalue weighted by Crippen LogP contribution is -2.36. The minimum atomic E-state index is -5.47. The number of halogens is 3. The number of nitrogens with two attached hydrogens (primary N) is 1. The molecule has 0 heterocycles. The van der Waals surface area contributed by atoms with Crippen molar-refractivity contribution >= 4 is 15.7 Å². The number of aliphatic hydroxyl groups excluding tert-OH is 2. The van der Waals surface area contributed by atoms with Crippen molar-refractivity contribution in [1.82, 2.24) is 5.32 Å². The van der Waals surface area contributed by atoms with Crippen LogP contribution in [0.2, 0.25) is 0 Å². The van der Waals surface area contributed by atoms with Gasteiger partial charge in [0.1, 0.15) is 6.10 Å². The Morgan fingerprint density at radius 1 is 1.22 bits per heavy atom. The summed E-state index contributed by atoms with van der Waals surface area (Å²) in [4.78, 5) is 9.53. The van der Waals surface area contributed by atoms with Gasteiger partial charge < -0.3 is 21.3 Å². The van der Waals surface area contributed by atoms with Gasteiger partial charge in [-0.2, -0.15) is 13.2 Å². The second-order valence-corrected chi connectivity index (χ2v) is 6.57. The molecule has 0 bridgehead atoms. The van der Waals surface area contributed by atoms with Gasteiger partial charge in [0.05, 0.1) is 17.5 Å². The summed E-state index contributed by atoms with van der Waals surface area (Å²) in [6.07, 6.45) is -2.86. The number of alkyl halides is 3. The predicted octanol–water partition coefficient (Wildman–Crippen LogP) is -0.551. The summed E-state index contributed by atoms with van der Waals surface area (Å²) >= 11 is 0. The Labute approximate surface area is 129 Å². The summed E-state index contributed by atoms with van der Waals surface area (Å²) in [6.45, 7) is -0.431. The van der Waals surface area contributed by atoms with E-state index in [4.69, 9.17) is 5.73 Å². The first-order chi connectivity index (χ1) is 10.5. The van der Waals surface area contributed by atoms with Gasteiger partial charge >= 0.3 is 5.51 Å². The molecule has 1 amide bonds. The summed E-state index contributed by atoms with van der Waals surface area (Å²) in [6, 6.07) is 3.29. The van der Waals surface area contributed by atoms with Crippen molar-refractivity contribution in [3.8, 4) is 0 Å². The predicted molar refractivity (Wildman–Crippen MR) is 72.7 cm³/mol. The number of aliphatic hydroxyl groups is 2. The maximum absolute atomic E-state index is 12.4. The monoisotopic (exact) mass is 356 g/mol. The molecule has 2 atom stereocenters. The van der Waals surface area contributed by atoms with Crippen LogP contribution in [0.1, 0.15) is 11.7 Å². The Morgan fingerprint density at radius 3 is 2.17 bits per heavy atom. The number of amides is 1. The van der Waals surface area contributed by atoms with E-state index < -0.39 is 38.4 Å². The lowest BCUT2D eigenvalue weighted by atomic mass is 10.0. The van der Waals surface area contributed by atoms with Gasteiger partial charge in [-0.3, -0.25) is 4.79 Å². The molecule has 0 saturated heterocycles. The van der Waals surface area contributed by atoms with Gasteiger partial charge in [-0.1, -0.05) is 12.1 Å². The fraction of sp³-hybridized carbons (Fsp3) is 0.417. The average molecular weight is 356 g/mol. The molecular formula is C12H15F3N2O5S. The fourth-order valence-corrected chi connectivity index (χ4v) is 2.42. The highest BCUT2D eigenvalue weighted by molar-refractivity contribution is 7.92. The Hall–Kier alpha value is -1.69. The molecule has 7 nitrogen and oxygen atoms in total. The molecule has 1 aromatic rings. The largest absolute Gasteiger partial charge is 0.501 e. The van der Waals surface area contributed by atoms with Crippen molar-refractivity contribution in [1.29, 1.82) is 0 Å². The van der Waals surface area contributed by atoms with Gasteiger partial charge in [-0.05, 0) is 17.7 Å². The van der Waals surface area contributed by atoms with Crippen LogP contribution in [0.15, 0.2) is 29.2 Å². The molecular weight excluding hydrogens is 341 g/mol. The number of carbonyl (C=O) groups is 1. The molecule has 2 unspecified atom stereocenters. The smallest absolute Gasteiger partial charge is 0.389 e. The quantitative estimate of drug-likeness (QED) is 0.519. The van der Waals surface area contributed by atoms with Crippen LogP contribution < -0.4 is 11.1 Å². The molecule has 130 valence electrons. The summed E-state index contributed by atoms with van der Waals surface area (Å²) in [5.74, 6) is -0.673. The zero-order valence-electron chi connectivity index (χ0n) is 11.6. The molecule has 0 fully saturated rings.